The number of aliphatic hydroxyl groups is 1. The van der Waals surface area contributed by atoms with E-state index in [1.165, 1.54) is 5.56 Å². The van der Waals surface area contributed by atoms with Crippen LogP contribution in [-0.2, 0) is 17.9 Å². The molecule has 2 atom stereocenters. The van der Waals surface area contributed by atoms with Gasteiger partial charge in [0.15, 0.2) is 0 Å². The Labute approximate surface area is 160 Å². The van der Waals surface area contributed by atoms with Gasteiger partial charge in [-0.25, -0.2) is 0 Å². The normalized spacial score (nSPS) is 18.9. The van der Waals surface area contributed by atoms with Crippen molar-refractivity contribution in [2.45, 2.75) is 31.7 Å². The summed E-state index contributed by atoms with van der Waals surface area (Å²) in [6.45, 7) is 4.37. The molecule has 1 heterocycles. The van der Waals surface area contributed by atoms with Crippen LogP contribution in [0, 0.1) is 0 Å². The second-order valence-corrected chi connectivity index (χ2v) is 7.28. The third kappa shape index (κ3) is 6.08. The van der Waals surface area contributed by atoms with Gasteiger partial charge in [-0.1, -0.05) is 60.1 Å². The van der Waals surface area contributed by atoms with Crippen molar-refractivity contribution in [2.75, 3.05) is 26.2 Å². The minimum absolute atomic E-state index is 0.304. The van der Waals surface area contributed by atoms with Crippen LogP contribution in [0.15, 0.2) is 54.6 Å². The standard InChI is InChI=1S/C21H27ClN2O2/c22-21-9-5-4-8-18(21)15-26-16-20(25)12-23-19-10-11-24(14-19)13-17-6-2-1-3-7-17/h1-9,19-20,23,25H,10-16H2. The molecule has 4 nitrogen and oxygen atoms in total. The highest BCUT2D eigenvalue weighted by Gasteiger charge is 2.22. The summed E-state index contributed by atoms with van der Waals surface area (Å²) in [7, 11) is 0. The summed E-state index contributed by atoms with van der Waals surface area (Å²) in [5.74, 6) is 0. The maximum atomic E-state index is 10.1. The fourth-order valence-electron chi connectivity index (χ4n) is 3.27. The fraction of sp³-hybridized carbons (Fsp3) is 0.429. The van der Waals surface area contributed by atoms with E-state index in [2.05, 4.69) is 34.5 Å². The summed E-state index contributed by atoms with van der Waals surface area (Å²) in [6.07, 6.45) is 0.598. The van der Waals surface area contributed by atoms with Crippen molar-refractivity contribution in [3.63, 3.8) is 0 Å². The molecule has 2 aromatic carbocycles. The minimum Gasteiger partial charge on any atom is -0.389 e. The number of likely N-dealkylation sites (tertiary alicyclic amines) is 1. The fourth-order valence-corrected chi connectivity index (χ4v) is 3.46. The first-order chi connectivity index (χ1) is 12.7. The van der Waals surface area contributed by atoms with Crippen molar-refractivity contribution in [3.8, 4) is 0 Å². The van der Waals surface area contributed by atoms with Crippen LogP contribution >= 0.6 is 11.6 Å². The Morgan fingerprint density at radius 3 is 2.73 bits per heavy atom. The molecule has 1 aliphatic rings. The zero-order chi connectivity index (χ0) is 18.2. The number of ether oxygens (including phenoxy) is 1. The first-order valence-electron chi connectivity index (χ1n) is 9.19. The van der Waals surface area contributed by atoms with Crippen molar-refractivity contribution in [1.29, 1.82) is 0 Å². The van der Waals surface area contributed by atoms with E-state index in [1.54, 1.807) is 0 Å². The molecular formula is C21H27ClN2O2. The molecule has 0 radical (unpaired) electrons. The van der Waals surface area contributed by atoms with Gasteiger partial charge in [0.2, 0.25) is 0 Å². The zero-order valence-electron chi connectivity index (χ0n) is 15.0. The molecule has 1 fully saturated rings. The van der Waals surface area contributed by atoms with E-state index in [-0.39, 0.29) is 0 Å². The van der Waals surface area contributed by atoms with Crippen LogP contribution in [0.5, 0.6) is 0 Å². The molecule has 1 aliphatic heterocycles. The predicted octanol–water partition coefficient (Wildman–Crippen LogP) is 3.08. The first-order valence-corrected chi connectivity index (χ1v) is 9.57. The molecule has 0 amide bonds. The summed E-state index contributed by atoms with van der Waals surface area (Å²) in [4.78, 5) is 2.45. The van der Waals surface area contributed by atoms with E-state index in [0.717, 1.165) is 31.6 Å². The van der Waals surface area contributed by atoms with Gasteiger partial charge in [-0.3, -0.25) is 4.90 Å². The lowest BCUT2D eigenvalue weighted by atomic mass is 10.2. The number of aliphatic hydroxyl groups excluding tert-OH is 1. The second kappa shape index (κ2) is 10.0. The van der Waals surface area contributed by atoms with Crippen LogP contribution in [0.1, 0.15) is 17.5 Å². The molecule has 0 spiro atoms. The van der Waals surface area contributed by atoms with Gasteiger partial charge in [0.05, 0.1) is 19.3 Å². The maximum absolute atomic E-state index is 10.1. The summed E-state index contributed by atoms with van der Waals surface area (Å²) >= 11 is 6.10. The largest absolute Gasteiger partial charge is 0.389 e. The molecule has 140 valence electrons. The van der Waals surface area contributed by atoms with E-state index >= 15 is 0 Å². The van der Waals surface area contributed by atoms with Gasteiger partial charge in [0, 0.05) is 37.2 Å². The van der Waals surface area contributed by atoms with E-state index < -0.39 is 6.10 Å². The van der Waals surface area contributed by atoms with Gasteiger partial charge in [-0.05, 0) is 23.6 Å². The molecule has 2 aromatic rings. The number of rotatable bonds is 9. The third-order valence-corrected chi connectivity index (χ3v) is 5.06. The van der Waals surface area contributed by atoms with Gasteiger partial charge >= 0.3 is 0 Å². The Bertz CT molecular complexity index is 668. The lowest BCUT2D eigenvalue weighted by molar-refractivity contribution is 0.0277. The molecular weight excluding hydrogens is 348 g/mol. The molecule has 0 aromatic heterocycles. The average molecular weight is 375 g/mol. The number of hydrogen-bond donors (Lipinski definition) is 2. The molecule has 1 saturated heterocycles. The number of hydrogen-bond acceptors (Lipinski definition) is 4. The van der Waals surface area contributed by atoms with Crippen LogP contribution < -0.4 is 5.32 Å². The Kier molecular flexibility index (Phi) is 7.47. The smallest absolute Gasteiger partial charge is 0.0897 e. The lowest BCUT2D eigenvalue weighted by Gasteiger charge is -2.18. The summed E-state index contributed by atoms with van der Waals surface area (Å²) in [6, 6.07) is 18.6. The Balaban J connectivity index is 1.31. The minimum atomic E-state index is -0.513. The SMILES string of the molecule is OC(CNC1CCN(Cc2ccccc2)C1)COCc1ccccc1Cl. The number of nitrogens with one attached hydrogen (secondary N) is 1. The molecule has 26 heavy (non-hydrogen) atoms. The van der Waals surface area contributed by atoms with E-state index in [9.17, 15) is 5.11 Å². The number of halogens is 1. The third-order valence-electron chi connectivity index (χ3n) is 4.69. The van der Waals surface area contributed by atoms with E-state index in [4.69, 9.17) is 16.3 Å². The number of nitrogens with zero attached hydrogens (tertiary/aromatic N) is 1. The van der Waals surface area contributed by atoms with Crippen LogP contribution in [0.2, 0.25) is 5.02 Å². The highest BCUT2D eigenvalue weighted by Crippen LogP contribution is 2.16. The quantitative estimate of drug-likeness (QED) is 0.708. The summed E-state index contributed by atoms with van der Waals surface area (Å²) in [5, 5.41) is 14.3. The van der Waals surface area contributed by atoms with Crippen LogP contribution in [-0.4, -0.2) is 48.4 Å². The van der Waals surface area contributed by atoms with Gasteiger partial charge in [-0.15, -0.1) is 0 Å². The van der Waals surface area contributed by atoms with Crippen LogP contribution in [0.3, 0.4) is 0 Å². The Morgan fingerprint density at radius 1 is 1.15 bits per heavy atom. The van der Waals surface area contributed by atoms with E-state index in [0.29, 0.717) is 30.8 Å². The van der Waals surface area contributed by atoms with Crippen LogP contribution in [0.25, 0.3) is 0 Å². The summed E-state index contributed by atoms with van der Waals surface area (Å²) in [5.41, 5.74) is 2.29. The highest BCUT2D eigenvalue weighted by molar-refractivity contribution is 6.31. The predicted molar refractivity (Wildman–Crippen MR) is 105 cm³/mol. The molecule has 0 saturated carbocycles. The molecule has 0 aliphatic carbocycles. The number of benzene rings is 2. The molecule has 5 heteroatoms. The first kappa shape index (κ1) is 19.3. The van der Waals surface area contributed by atoms with Gasteiger partial charge in [0.1, 0.15) is 0 Å². The Morgan fingerprint density at radius 2 is 1.92 bits per heavy atom. The zero-order valence-corrected chi connectivity index (χ0v) is 15.7. The monoisotopic (exact) mass is 374 g/mol. The maximum Gasteiger partial charge on any atom is 0.0897 e. The second-order valence-electron chi connectivity index (χ2n) is 6.87. The van der Waals surface area contributed by atoms with Crippen molar-refractivity contribution >= 4 is 11.6 Å². The molecule has 3 rings (SSSR count). The van der Waals surface area contributed by atoms with Gasteiger partial charge in [-0.2, -0.15) is 0 Å². The van der Waals surface area contributed by atoms with Crippen molar-refractivity contribution in [1.82, 2.24) is 10.2 Å². The van der Waals surface area contributed by atoms with Crippen LogP contribution in [0.4, 0.5) is 0 Å². The topological polar surface area (TPSA) is 44.7 Å². The van der Waals surface area contributed by atoms with E-state index in [1.807, 2.05) is 30.3 Å². The van der Waals surface area contributed by atoms with Crippen molar-refractivity contribution in [2.24, 2.45) is 0 Å². The van der Waals surface area contributed by atoms with Crippen molar-refractivity contribution in [3.05, 3.63) is 70.7 Å². The lowest BCUT2D eigenvalue weighted by Crippen LogP contribution is -2.39. The average Bonchev–Trinajstić information content (AvgIpc) is 3.10. The highest BCUT2D eigenvalue weighted by atomic mass is 35.5. The van der Waals surface area contributed by atoms with Gasteiger partial charge in [0.25, 0.3) is 0 Å². The van der Waals surface area contributed by atoms with Crippen molar-refractivity contribution < 1.29 is 9.84 Å². The molecule has 0 bridgehead atoms. The summed E-state index contributed by atoms with van der Waals surface area (Å²) < 4.78 is 5.59. The molecule has 2 unspecified atom stereocenters. The van der Waals surface area contributed by atoms with Gasteiger partial charge < -0.3 is 15.2 Å². The Hall–Kier alpha value is -1.43. The molecule has 2 N–H and O–H groups in total.